The largest absolute Gasteiger partial charge is 0.392 e. The molecule has 0 aromatic rings. The molecule has 0 aromatic carbocycles. The maximum absolute atomic E-state index is 12.2. The summed E-state index contributed by atoms with van der Waals surface area (Å²) in [4.78, 5) is 16.6. The molecule has 0 spiro atoms. The van der Waals surface area contributed by atoms with E-state index in [0.717, 1.165) is 39.0 Å². The number of hydrogen-bond donors (Lipinski definition) is 2. The monoisotopic (exact) mass is 283 g/mol. The highest BCUT2D eigenvalue weighted by Gasteiger charge is 2.27. The predicted octanol–water partition coefficient (Wildman–Crippen LogP) is 0.434. The summed E-state index contributed by atoms with van der Waals surface area (Å²) in [5.74, 6) is 0.0725. The van der Waals surface area contributed by atoms with Crippen molar-refractivity contribution >= 4 is 5.91 Å². The summed E-state index contributed by atoms with van der Waals surface area (Å²) in [5.41, 5.74) is -0.185. The fourth-order valence-corrected chi connectivity index (χ4v) is 3.33. The van der Waals surface area contributed by atoms with Gasteiger partial charge in [-0.05, 0) is 59.2 Å². The summed E-state index contributed by atoms with van der Waals surface area (Å²) in [6.07, 6.45) is 4.12. The number of likely N-dealkylation sites (tertiary alicyclic amines) is 2. The molecule has 0 aromatic heterocycles. The third kappa shape index (κ3) is 5.04. The molecule has 20 heavy (non-hydrogen) atoms. The van der Waals surface area contributed by atoms with Gasteiger partial charge in [0.2, 0.25) is 5.91 Å². The van der Waals surface area contributed by atoms with Crippen molar-refractivity contribution in [3.8, 4) is 0 Å². The van der Waals surface area contributed by atoms with E-state index in [1.54, 1.807) is 0 Å². The van der Waals surface area contributed by atoms with E-state index in [4.69, 9.17) is 0 Å². The Labute approximate surface area is 122 Å². The highest BCUT2D eigenvalue weighted by atomic mass is 16.3. The molecular formula is C15H29N3O2. The quantitative estimate of drug-likeness (QED) is 0.768. The van der Waals surface area contributed by atoms with Crippen LogP contribution in [0.4, 0.5) is 0 Å². The highest BCUT2D eigenvalue weighted by molar-refractivity contribution is 5.78. The van der Waals surface area contributed by atoms with E-state index in [1.807, 2.05) is 0 Å². The Morgan fingerprint density at radius 2 is 1.85 bits per heavy atom. The fourth-order valence-electron chi connectivity index (χ4n) is 3.33. The second-order valence-corrected chi connectivity index (χ2v) is 6.95. The number of β-amino-alcohol motifs (C(OH)–C–C–N with tert-alkyl or cyclic N) is 1. The molecule has 2 rings (SSSR count). The fraction of sp³-hybridized carbons (Fsp3) is 0.933. The van der Waals surface area contributed by atoms with Crippen LogP contribution in [-0.2, 0) is 4.79 Å². The van der Waals surface area contributed by atoms with Crippen LogP contribution in [-0.4, -0.2) is 71.7 Å². The van der Waals surface area contributed by atoms with Crippen LogP contribution in [0.2, 0.25) is 0 Å². The standard InChI is InChI=1S/C15H29N3O2/c1-15(2,12-17-7-3-4-8-17)16-14(20)11-18-9-5-6-13(19)10-18/h13,19H,3-12H2,1-2H3,(H,16,20). The molecule has 0 bridgehead atoms. The molecular weight excluding hydrogens is 254 g/mol. The lowest BCUT2D eigenvalue weighted by Crippen LogP contribution is -2.54. The number of hydrogen-bond acceptors (Lipinski definition) is 4. The zero-order chi connectivity index (χ0) is 14.6. The van der Waals surface area contributed by atoms with Crippen LogP contribution in [0.3, 0.4) is 0 Å². The van der Waals surface area contributed by atoms with E-state index in [1.165, 1.54) is 12.8 Å². The maximum Gasteiger partial charge on any atom is 0.234 e. The van der Waals surface area contributed by atoms with Gasteiger partial charge in [0.05, 0.1) is 12.6 Å². The number of amides is 1. The van der Waals surface area contributed by atoms with Gasteiger partial charge >= 0.3 is 0 Å². The molecule has 1 amide bonds. The van der Waals surface area contributed by atoms with Crippen molar-refractivity contribution in [1.29, 1.82) is 0 Å². The summed E-state index contributed by atoms with van der Waals surface area (Å²) in [7, 11) is 0. The van der Waals surface area contributed by atoms with Crippen molar-refractivity contribution in [3.63, 3.8) is 0 Å². The van der Waals surface area contributed by atoms with E-state index >= 15 is 0 Å². The molecule has 2 heterocycles. The smallest absolute Gasteiger partial charge is 0.234 e. The van der Waals surface area contributed by atoms with Crippen LogP contribution in [0.5, 0.6) is 0 Å². The van der Waals surface area contributed by atoms with E-state index in [2.05, 4.69) is 29.0 Å². The van der Waals surface area contributed by atoms with Crippen molar-refractivity contribution in [2.24, 2.45) is 0 Å². The van der Waals surface area contributed by atoms with Crippen LogP contribution in [0.15, 0.2) is 0 Å². The molecule has 0 aliphatic carbocycles. The molecule has 5 heteroatoms. The summed E-state index contributed by atoms with van der Waals surface area (Å²) >= 11 is 0. The van der Waals surface area contributed by atoms with Gasteiger partial charge in [-0.15, -0.1) is 0 Å². The van der Waals surface area contributed by atoms with Crippen molar-refractivity contribution in [1.82, 2.24) is 15.1 Å². The zero-order valence-electron chi connectivity index (χ0n) is 12.9. The van der Waals surface area contributed by atoms with Crippen molar-refractivity contribution in [3.05, 3.63) is 0 Å². The van der Waals surface area contributed by atoms with Crippen molar-refractivity contribution in [2.75, 3.05) is 39.3 Å². The lowest BCUT2D eigenvalue weighted by Gasteiger charge is -2.33. The zero-order valence-corrected chi connectivity index (χ0v) is 12.9. The minimum absolute atomic E-state index is 0.0725. The molecule has 116 valence electrons. The van der Waals surface area contributed by atoms with Crippen LogP contribution in [0.1, 0.15) is 39.5 Å². The first-order chi connectivity index (χ1) is 9.44. The Morgan fingerprint density at radius 3 is 2.50 bits per heavy atom. The molecule has 2 N–H and O–H groups in total. The summed E-state index contributed by atoms with van der Waals surface area (Å²) < 4.78 is 0. The third-order valence-electron chi connectivity index (χ3n) is 4.14. The number of piperidine rings is 1. The Bertz CT molecular complexity index is 327. The van der Waals surface area contributed by atoms with Gasteiger partial charge in [0.1, 0.15) is 0 Å². The van der Waals surface area contributed by atoms with Gasteiger partial charge in [0, 0.05) is 18.6 Å². The minimum Gasteiger partial charge on any atom is -0.392 e. The van der Waals surface area contributed by atoms with Gasteiger partial charge < -0.3 is 15.3 Å². The molecule has 0 radical (unpaired) electrons. The minimum atomic E-state index is -0.269. The maximum atomic E-state index is 12.2. The number of carbonyl (C=O) groups excluding carboxylic acids is 1. The molecule has 2 aliphatic rings. The SMILES string of the molecule is CC(C)(CN1CCCC1)NC(=O)CN1CCCC(O)C1. The van der Waals surface area contributed by atoms with Crippen molar-refractivity contribution < 1.29 is 9.90 Å². The number of nitrogens with zero attached hydrogens (tertiary/aromatic N) is 2. The molecule has 5 nitrogen and oxygen atoms in total. The molecule has 2 fully saturated rings. The summed E-state index contributed by atoms with van der Waals surface area (Å²) in [6.45, 7) is 9.34. The number of nitrogens with one attached hydrogen (secondary N) is 1. The first-order valence-electron chi connectivity index (χ1n) is 7.88. The molecule has 1 atom stereocenters. The number of carbonyl (C=O) groups is 1. The Hall–Kier alpha value is -0.650. The molecule has 2 saturated heterocycles. The topological polar surface area (TPSA) is 55.8 Å². The predicted molar refractivity (Wildman–Crippen MR) is 79.6 cm³/mol. The van der Waals surface area contributed by atoms with E-state index in [9.17, 15) is 9.90 Å². The Balaban J connectivity index is 1.74. The Morgan fingerprint density at radius 1 is 1.20 bits per heavy atom. The molecule has 0 saturated carbocycles. The average molecular weight is 283 g/mol. The second kappa shape index (κ2) is 6.87. The van der Waals surface area contributed by atoms with Crippen molar-refractivity contribution in [2.45, 2.75) is 51.2 Å². The first kappa shape index (κ1) is 15.7. The number of rotatable bonds is 5. The van der Waals surface area contributed by atoms with Crippen LogP contribution < -0.4 is 5.32 Å². The van der Waals surface area contributed by atoms with E-state index in [-0.39, 0.29) is 17.6 Å². The lowest BCUT2D eigenvalue weighted by atomic mass is 10.0. The van der Waals surface area contributed by atoms with E-state index < -0.39 is 0 Å². The summed E-state index contributed by atoms with van der Waals surface area (Å²) in [5, 5.41) is 12.8. The van der Waals surface area contributed by atoms with Gasteiger partial charge in [0.25, 0.3) is 0 Å². The van der Waals surface area contributed by atoms with Crippen LogP contribution in [0, 0.1) is 0 Å². The molecule has 1 unspecified atom stereocenters. The number of aliphatic hydroxyl groups excluding tert-OH is 1. The van der Waals surface area contributed by atoms with Crippen LogP contribution in [0.25, 0.3) is 0 Å². The first-order valence-corrected chi connectivity index (χ1v) is 7.88. The van der Waals surface area contributed by atoms with Gasteiger partial charge in [-0.3, -0.25) is 9.69 Å². The van der Waals surface area contributed by atoms with Crippen LogP contribution >= 0.6 is 0 Å². The summed E-state index contributed by atoms with van der Waals surface area (Å²) in [6, 6.07) is 0. The van der Waals surface area contributed by atoms with Gasteiger partial charge in [-0.25, -0.2) is 0 Å². The van der Waals surface area contributed by atoms with E-state index in [0.29, 0.717) is 13.1 Å². The number of aliphatic hydroxyl groups is 1. The highest BCUT2D eigenvalue weighted by Crippen LogP contribution is 2.13. The normalized spacial score (nSPS) is 25.9. The molecule has 2 aliphatic heterocycles. The Kier molecular flexibility index (Phi) is 5.41. The van der Waals surface area contributed by atoms with Gasteiger partial charge in [-0.1, -0.05) is 0 Å². The van der Waals surface area contributed by atoms with Gasteiger partial charge in [0.15, 0.2) is 0 Å². The third-order valence-corrected chi connectivity index (χ3v) is 4.14. The second-order valence-electron chi connectivity index (χ2n) is 6.95. The lowest BCUT2D eigenvalue weighted by molar-refractivity contribution is -0.124. The average Bonchev–Trinajstić information content (AvgIpc) is 2.79. The van der Waals surface area contributed by atoms with Gasteiger partial charge in [-0.2, -0.15) is 0 Å².